The molecule has 0 aromatic carbocycles. The third-order valence-electron chi connectivity index (χ3n) is 3.13. The molecule has 4 heteroatoms. The number of unbranched alkanes of at least 4 members (excludes halogenated alkanes) is 3. The van der Waals surface area contributed by atoms with Gasteiger partial charge in [0.05, 0.1) is 10.2 Å². The van der Waals surface area contributed by atoms with E-state index in [1.54, 1.807) is 0 Å². The molecule has 0 aliphatic heterocycles. The van der Waals surface area contributed by atoms with Crippen LogP contribution >= 0.6 is 0 Å². The molecule has 0 aliphatic carbocycles. The van der Waals surface area contributed by atoms with Crippen LogP contribution in [0.3, 0.4) is 0 Å². The molecule has 1 unspecified atom stereocenters. The Bertz CT molecular complexity index is 182. The molecule has 0 aromatic heterocycles. The third kappa shape index (κ3) is 6.88. The highest BCUT2D eigenvalue weighted by atomic mass is 28.1. The molecule has 0 radical (unpaired) electrons. The average Bonchev–Trinajstić information content (AvgIpc) is 2.33. The second-order valence-electron chi connectivity index (χ2n) is 4.68. The SMILES string of the molecule is CCCCCCC(OCC)C([SiH3])(OCC)OCC. The maximum Gasteiger partial charge on any atom is 0.166 e. The van der Waals surface area contributed by atoms with E-state index in [0.717, 1.165) is 23.3 Å². The van der Waals surface area contributed by atoms with E-state index in [4.69, 9.17) is 14.2 Å². The van der Waals surface area contributed by atoms with Gasteiger partial charge in [0.1, 0.15) is 6.10 Å². The van der Waals surface area contributed by atoms with Gasteiger partial charge in [-0.2, -0.15) is 0 Å². The number of ether oxygens (including phenoxy) is 3. The molecule has 0 heterocycles. The Hall–Kier alpha value is 0.0969. The van der Waals surface area contributed by atoms with Gasteiger partial charge in [-0.05, 0) is 27.2 Å². The Balaban J connectivity index is 4.38. The van der Waals surface area contributed by atoms with Gasteiger partial charge in [0.2, 0.25) is 0 Å². The Kier molecular flexibility index (Phi) is 11.0. The Morgan fingerprint density at radius 2 is 1.50 bits per heavy atom. The predicted octanol–water partition coefficient (Wildman–Crippen LogP) is 2.45. The van der Waals surface area contributed by atoms with Gasteiger partial charge < -0.3 is 14.2 Å². The standard InChI is InChI=1S/C14H32O3Si/c1-5-9-10-11-12-13(15-6-2)14(18,16-7-3)17-8-4/h13H,5-12H2,1-4,18H3. The second kappa shape index (κ2) is 11.0. The minimum absolute atomic E-state index is 0.0888. The van der Waals surface area contributed by atoms with E-state index in [1.807, 2.05) is 20.8 Å². The van der Waals surface area contributed by atoms with E-state index in [1.165, 1.54) is 25.7 Å². The van der Waals surface area contributed by atoms with Crippen molar-refractivity contribution in [1.82, 2.24) is 0 Å². The lowest BCUT2D eigenvalue weighted by Gasteiger charge is -2.37. The third-order valence-corrected chi connectivity index (χ3v) is 4.36. The summed E-state index contributed by atoms with van der Waals surface area (Å²) in [5.41, 5.74) is -0.467. The summed E-state index contributed by atoms with van der Waals surface area (Å²) in [7, 11) is 0.835. The molecule has 0 bridgehead atoms. The summed E-state index contributed by atoms with van der Waals surface area (Å²) in [4.78, 5) is 0. The first kappa shape index (κ1) is 18.1. The molecule has 0 aromatic rings. The van der Waals surface area contributed by atoms with Crippen molar-refractivity contribution < 1.29 is 14.2 Å². The minimum atomic E-state index is -0.467. The van der Waals surface area contributed by atoms with Crippen LogP contribution in [-0.4, -0.2) is 41.6 Å². The number of rotatable bonds is 12. The first-order valence-electron chi connectivity index (χ1n) is 7.54. The summed E-state index contributed by atoms with van der Waals surface area (Å²) in [6, 6.07) is 0. The second-order valence-corrected chi connectivity index (χ2v) is 6.07. The average molecular weight is 276 g/mol. The van der Waals surface area contributed by atoms with Gasteiger partial charge in [0.25, 0.3) is 0 Å². The predicted molar refractivity (Wildman–Crippen MR) is 80.1 cm³/mol. The lowest BCUT2D eigenvalue weighted by molar-refractivity contribution is -0.237. The van der Waals surface area contributed by atoms with Crippen molar-refractivity contribution in [2.45, 2.75) is 71.3 Å². The fraction of sp³-hybridized carbons (Fsp3) is 1.00. The fourth-order valence-corrected chi connectivity index (χ4v) is 3.29. The number of hydrogen-bond acceptors (Lipinski definition) is 3. The van der Waals surface area contributed by atoms with E-state index in [2.05, 4.69) is 6.92 Å². The van der Waals surface area contributed by atoms with Crippen molar-refractivity contribution in [2.75, 3.05) is 19.8 Å². The molecule has 110 valence electrons. The van der Waals surface area contributed by atoms with Gasteiger partial charge in [0, 0.05) is 19.8 Å². The molecule has 0 saturated carbocycles. The van der Waals surface area contributed by atoms with Crippen molar-refractivity contribution in [3.63, 3.8) is 0 Å². The zero-order valence-electron chi connectivity index (χ0n) is 13.0. The smallest absolute Gasteiger partial charge is 0.166 e. The Morgan fingerprint density at radius 1 is 0.889 bits per heavy atom. The molecule has 0 spiro atoms. The van der Waals surface area contributed by atoms with E-state index < -0.39 is 5.41 Å². The monoisotopic (exact) mass is 276 g/mol. The molecule has 0 fully saturated rings. The van der Waals surface area contributed by atoms with Gasteiger partial charge >= 0.3 is 0 Å². The maximum atomic E-state index is 5.88. The van der Waals surface area contributed by atoms with Crippen LogP contribution in [0.1, 0.15) is 59.8 Å². The van der Waals surface area contributed by atoms with Crippen molar-refractivity contribution in [1.29, 1.82) is 0 Å². The van der Waals surface area contributed by atoms with Crippen molar-refractivity contribution in [3.05, 3.63) is 0 Å². The Labute approximate surface area is 116 Å². The first-order valence-corrected chi connectivity index (χ1v) is 8.54. The molecule has 0 rings (SSSR count). The zero-order chi connectivity index (χ0) is 13.9. The summed E-state index contributed by atoms with van der Waals surface area (Å²) in [6.45, 7) is 10.4. The van der Waals surface area contributed by atoms with E-state index >= 15 is 0 Å². The lowest BCUT2D eigenvalue weighted by Crippen LogP contribution is -2.49. The first-order chi connectivity index (χ1) is 8.64. The summed E-state index contributed by atoms with van der Waals surface area (Å²) in [5, 5.41) is 0. The normalized spacial score (nSPS) is 14.0. The molecule has 0 amide bonds. The highest BCUT2D eigenvalue weighted by Gasteiger charge is 2.35. The van der Waals surface area contributed by atoms with Gasteiger partial charge in [-0.3, -0.25) is 0 Å². The van der Waals surface area contributed by atoms with Gasteiger partial charge in [0.15, 0.2) is 5.41 Å². The van der Waals surface area contributed by atoms with Crippen LogP contribution in [0, 0.1) is 0 Å². The van der Waals surface area contributed by atoms with E-state index in [0.29, 0.717) is 13.2 Å². The van der Waals surface area contributed by atoms with Crippen LogP contribution < -0.4 is 0 Å². The van der Waals surface area contributed by atoms with Gasteiger partial charge in [-0.25, -0.2) is 0 Å². The molecule has 18 heavy (non-hydrogen) atoms. The molecule has 0 N–H and O–H groups in total. The highest BCUT2D eigenvalue weighted by molar-refractivity contribution is 6.13. The highest BCUT2D eigenvalue weighted by Crippen LogP contribution is 2.23. The molecule has 1 atom stereocenters. The summed E-state index contributed by atoms with van der Waals surface area (Å²) >= 11 is 0. The molecule has 0 saturated heterocycles. The maximum absolute atomic E-state index is 5.88. The van der Waals surface area contributed by atoms with Crippen LogP contribution in [0.5, 0.6) is 0 Å². The topological polar surface area (TPSA) is 27.7 Å². The summed E-state index contributed by atoms with van der Waals surface area (Å²) in [6.07, 6.45) is 6.17. The molecule has 3 nitrogen and oxygen atoms in total. The van der Waals surface area contributed by atoms with Crippen molar-refractivity contribution >= 4 is 10.2 Å². The molecular weight excluding hydrogens is 244 g/mol. The van der Waals surface area contributed by atoms with Crippen molar-refractivity contribution in [2.24, 2.45) is 0 Å². The summed E-state index contributed by atoms with van der Waals surface area (Å²) in [5.74, 6) is 0. The van der Waals surface area contributed by atoms with Crippen LogP contribution in [-0.2, 0) is 14.2 Å². The van der Waals surface area contributed by atoms with Crippen LogP contribution in [0.4, 0.5) is 0 Å². The summed E-state index contributed by atoms with van der Waals surface area (Å²) < 4.78 is 17.6. The molecule has 0 aliphatic rings. The van der Waals surface area contributed by atoms with Crippen LogP contribution in [0.25, 0.3) is 0 Å². The number of hydrogen-bond donors (Lipinski definition) is 0. The Morgan fingerprint density at radius 3 is 1.94 bits per heavy atom. The van der Waals surface area contributed by atoms with Crippen LogP contribution in [0.2, 0.25) is 0 Å². The largest absolute Gasteiger partial charge is 0.373 e. The van der Waals surface area contributed by atoms with E-state index in [9.17, 15) is 0 Å². The minimum Gasteiger partial charge on any atom is -0.373 e. The van der Waals surface area contributed by atoms with Gasteiger partial charge in [-0.15, -0.1) is 0 Å². The quantitative estimate of drug-likeness (QED) is 0.311. The van der Waals surface area contributed by atoms with E-state index in [-0.39, 0.29) is 6.10 Å². The lowest BCUT2D eigenvalue weighted by atomic mass is 10.1. The zero-order valence-corrected chi connectivity index (χ0v) is 15.0. The van der Waals surface area contributed by atoms with Gasteiger partial charge in [-0.1, -0.05) is 32.6 Å². The molecular formula is C14H32O3Si. The van der Waals surface area contributed by atoms with Crippen molar-refractivity contribution in [3.8, 4) is 0 Å². The van der Waals surface area contributed by atoms with Crippen LogP contribution in [0.15, 0.2) is 0 Å². The fourth-order valence-electron chi connectivity index (χ4n) is 2.26.